The first-order chi connectivity index (χ1) is 5.20. The van der Waals surface area contributed by atoms with Gasteiger partial charge < -0.3 is 14.3 Å². The van der Waals surface area contributed by atoms with Gasteiger partial charge in [0.05, 0.1) is 6.61 Å². The van der Waals surface area contributed by atoms with Gasteiger partial charge in [0.25, 0.3) is 0 Å². The summed E-state index contributed by atoms with van der Waals surface area (Å²) in [7, 11) is 0. The molecule has 0 N–H and O–H groups in total. The van der Waals surface area contributed by atoms with Gasteiger partial charge in [0.2, 0.25) is 0 Å². The summed E-state index contributed by atoms with van der Waals surface area (Å²) < 4.78 is 10.3. The van der Waals surface area contributed by atoms with Crippen molar-refractivity contribution in [1.29, 1.82) is 0 Å². The maximum atomic E-state index is 10.2. The summed E-state index contributed by atoms with van der Waals surface area (Å²) in [6, 6.07) is 0. The minimum absolute atomic E-state index is 0.0436. The van der Waals surface area contributed by atoms with Crippen molar-refractivity contribution in [2.75, 3.05) is 13.2 Å². The zero-order chi connectivity index (χ0) is 8.69. The number of aldehydes is 1. The van der Waals surface area contributed by atoms with Gasteiger partial charge in [-0.3, -0.25) is 0 Å². The van der Waals surface area contributed by atoms with E-state index >= 15 is 0 Å². The van der Waals surface area contributed by atoms with Crippen molar-refractivity contribution in [3.05, 3.63) is 0 Å². The van der Waals surface area contributed by atoms with Gasteiger partial charge in [-0.15, -0.1) is 0 Å². The molecule has 11 heavy (non-hydrogen) atoms. The van der Waals surface area contributed by atoms with Crippen LogP contribution in [0, 0.1) is 5.92 Å². The van der Waals surface area contributed by atoms with Gasteiger partial charge >= 0.3 is 0 Å². The molecule has 0 rings (SSSR count). The Bertz CT molecular complexity index is 104. The second-order valence-electron chi connectivity index (χ2n) is 2.47. The van der Waals surface area contributed by atoms with Gasteiger partial charge in [0.1, 0.15) is 6.29 Å². The number of ether oxygens (including phenoxy) is 2. The Morgan fingerprint density at radius 2 is 2.00 bits per heavy atom. The third-order valence-electron chi connectivity index (χ3n) is 1.23. The fourth-order valence-corrected chi connectivity index (χ4v) is 0.609. The van der Waals surface area contributed by atoms with E-state index in [2.05, 4.69) is 0 Å². The number of rotatable bonds is 6. The van der Waals surface area contributed by atoms with Gasteiger partial charge in [0, 0.05) is 12.5 Å². The van der Waals surface area contributed by atoms with Crippen molar-refractivity contribution >= 4 is 6.29 Å². The molecule has 66 valence electrons. The van der Waals surface area contributed by atoms with Gasteiger partial charge in [-0.2, -0.15) is 0 Å². The summed E-state index contributed by atoms with van der Waals surface area (Å²) in [5.41, 5.74) is 0. The van der Waals surface area contributed by atoms with Crippen LogP contribution in [0.2, 0.25) is 0 Å². The van der Waals surface area contributed by atoms with Crippen LogP contribution >= 0.6 is 0 Å². The first-order valence-electron chi connectivity index (χ1n) is 3.89. The normalized spacial score (nSPS) is 15.9. The average Bonchev–Trinajstić information content (AvgIpc) is 2.01. The highest BCUT2D eigenvalue weighted by Gasteiger charge is 2.03. The van der Waals surface area contributed by atoms with Crippen LogP contribution in [0.15, 0.2) is 0 Å². The molecule has 1 unspecified atom stereocenters. The van der Waals surface area contributed by atoms with Crippen molar-refractivity contribution < 1.29 is 14.3 Å². The maximum Gasteiger partial charge on any atom is 0.154 e. The molecule has 0 aliphatic rings. The molecule has 3 nitrogen and oxygen atoms in total. The quantitative estimate of drug-likeness (QED) is 0.433. The Morgan fingerprint density at radius 3 is 2.45 bits per heavy atom. The van der Waals surface area contributed by atoms with E-state index in [4.69, 9.17) is 9.47 Å². The van der Waals surface area contributed by atoms with E-state index < -0.39 is 0 Å². The van der Waals surface area contributed by atoms with E-state index in [1.165, 1.54) is 0 Å². The summed E-state index contributed by atoms with van der Waals surface area (Å²) >= 11 is 0. The zero-order valence-electron chi connectivity index (χ0n) is 7.37. The first kappa shape index (κ1) is 10.6. The summed E-state index contributed by atoms with van der Waals surface area (Å²) in [4.78, 5) is 10.2. The third kappa shape index (κ3) is 6.01. The molecule has 0 heterocycles. The molecule has 2 atom stereocenters. The molecule has 0 amide bonds. The standard InChI is InChI=1S/C8H16O3/c1-4-10-8(3)11-6-7(2)5-9/h5,7-8H,4,6H2,1-3H3/t7-,8?/m0/s1. The Kier molecular flexibility index (Phi) is 6.07. The maximum absolute atomic E-state index is 10.2. The van der Waals surface area contributed by atoms with E-state index in [9.17, 15) is 4.79 Å². The van der Waals surface area contributed by atoms with Crippen LogP contribution in [-0.4, -0.2) is 25.8 Å². The molecule has 0 radical (unpaired) electrons. The van der Waals surface area contributed by atoms with E-state index in [0.29, 0.717) is 13.2 Å². The molecule has 0 spiro atoms. The summed E-state index contributed by atoms with van der Waals surface area (Å²) in [5.74, 6) is -0.0436. The highest BCUT2D eigenvalue weighted by molar-refractivity contribution is 5.52. The summed E-state index contributed by atoms with van der Waals surface area (Å²) in [6.45, 7) is 6.61. The molecule has 3 heteroatoms. The van der Waals surface area contributed by atoms with E-state index in [0.717, 1.165) is 6.29 Å². The van der Waals surface area contributed by atoms with Gasteiger partial charge in [-0.1, -0.05) is 6.92 Å². The first-order valence-corrected chi connectivity index (χ1v) is 3.89. The van der Waals surface area contributed by atoms with Crippen molar-refractivity contribution in [2.45, 2.75) is 27.1 Å². The topological polar surface area (TPSA) is 35.5 Å². The molecule has 0 aliphatic carbocycles. The van der Waals surface area contributed by atoms with Crippen molar-refractivity contribution in [1.82, 2.24) is 0 Å². The predicted octanol–water partition coefficient (Wildman–Crippen LogP) is 1.22. The van der Waals surface area contributed by atoms with Crippen molar-refractivity contribution in [2.24, 2.45) is 5.92 Å². The lowest BCUT2D eigenvalue weighted by Crippen LogP contribution is -2.17. The molecular formula is C8H16O3. The average molecular weight is 160 g/mol. The molecular weight excluding hydrogens is 144 g/mol. The van der Waals surface area contributed by atoms with Crippen LogP contribution < -0.4 is 0 Å². The molecule has 0 fully saturated rings. The fraction of sp³-hybridized carbons (Fsp3) is 0.875. The minimum atomic E-state index is -0.206. The van der Waals surface area contributed by atoms with Crippen LogP contribution in [0.3, 0.4) is 0 Å². The second kappa shape index (κ2) is 6.31. The van der Waals surface area contributed by atoms with Crippen molar-refractivity contribution in [3.63, 3.8) is 0 Å². The van der Waals surface area contributed by atoms with Gasteiger partial charge in [-0.05, 0) is 13.8 Å². The Hall–Kier alpha value is -0.410. The SMILES string of the molecule is CCOC(C)OC[C@@H](C)C=O. The van der Waals surface area contributed by atoms with Crippen molar-refractivity contribution in [3.8, 4) is 0 Å². The van der Waals surface area contributed by atoms with Crippen LogP contribution in [0.5, 0.6) is 0 Å². The van der Waals surface area contributed by atoms with Crippen LogP contribution in [0.1, 0.15) is 20.8 Å². The molecule has 0 saturated heterocycles. The zero-order valence-corrected chi connectivity index (χ0v) is 7.37. The lowest BCUT2D eigenvalue weighted by atomic mass is 10.2. The third-order valence-corrected chi connectivity index (χ3v) is 1.23. The fourth-order valence-electron chi connectivity index (χ4n) is 0.609. The molecule has 0 aromatic heterocycles. The molecule has 0 bridgehead atoms. The highest BCUT2D eigenvalue weighted by atomic mass is 16.7. The van der Waals surface area contributed by atoms with Gasteiger partial charge in [0.15, 0.2) is 6.29 Å². The highest BCUT2D eigenvalue weighted by Crippen LogP contribution is 1.97. The minimum Gasteiger partial charge on any atom is -0.353 e. The molecule has 0 aliphatic heterocycles. The molecule has 0 aromatic rings. The number of carbonyl (C=O) groups is 1. The second-order valence-corrected chi connectivity index (χ2v) is 2.47. The predicted molar refractivity (Wildman–Crippen MR) is 42.3 cm³/mol. The Morgan fingerprint density at radius 1 is 1.36 bits per heavy atom. The van der Waals surface area contributed by atoms with Gasteiger partial charge in [-0.25, -0.2) is 0 Å². The summed E-state index contributed by atoms with van der Waals surface area (Å²) in [5, 5.41) is 0. The molecule has 0 saturated carbocycles. The lowest BCUT2D eigenvalue weighted by molar-refractivity contribution is -0.138. The van der Waals surface area contributed by atoms with Crippen LogP contribution in [0.4, 0.5) is 0 Å². The monoisotopic (exact) mass is 160 g/mol. The van der Waals surface area contributed by atoms with E-state index in [1.807, 2.05) is 20.8 Å². The number of hydrogen-bond acceptors (Lipinski definition) is 3. The number of carbonyl (C=O) groups excluding carboxylic acids is 1. The Balaban J connectivity index is 3.29. The van der Waals surface area contributed by atoms with E-state index in [-0.39, 0.29) is 12.2 Å². The van der Waals surface area contributed by atoms with Crippen LogP contribution in [-0.2, 0) is 14.3 Å². The van der Waals surface area contributed by atoms with E-state index in [1.54, 1.807) is 0 Å². The number of hydrogen-bond donors (Lipinski definition) is 0. The molecule has 0 aromatic carbocycles. The lowest BCUT2D eigenvalue weighted by Gasteiger charge is -2.13. The summed E-state index contributed by atoms with van der Waals surface area (Å²) in [6.07, 6.45) is 0.668. The smallest absolute Gasteiger partial charge is 0.154 e. The largest absolute Gasteiger partial charge is 0.353 e. The van der Waals surface area contributed by atoms with Crippen LogP contribution in [0.25, 0.3) is 0 Å². The Labute approximate surface area is 67.7 Å².